The number of carbonyl (C=O) groups excluding carboxylic acids is 2. The van der Waals surface area contributed by atoms with E-state index in [1.54, 1.807) is 18.2 Å². The highest BCUT2D eigenvalue weighted by Gasteiger charge is 2.40. The SMILES string of the molecule is O=C1c2cccc3c(C=Cc4ccccc4)ccc(c23)C(=O)N1c1ccc(Oc2ccc(Oc3ccccc3C(F)(F)F)cc2-c2cccc(C(F)(F)F)c2)c(C(F)(F)F)c1. The maximum atomic E-state index is 14.9. The molecule has 0 fully saturated rings. The van der Waals surface area contributed by atoms with Crippen molar-refractivity contribution in [2.75, 3.05) is 4.90 Å². The smallest absolute Gasteiger partial charge is 0.420 e. The molecular weight excluding hydrogens is 814 g/mol. The number of rotatable bonds is 8. The molecule has 306 valence electrons. The monoisotopic (exact) mass is 839 g/mol. The van der Waals surface area contributed by atoms with Gasteiger partial charge in [0, 0.05) is 22.1 Å². The van der Waals surface area contributed by atoms with Crippen LogP contribution in [0.3, 0.4) is 0 Å². The Labute approximate surface area is 340 Å². The van der Waals surface area contributed by atoms with Gasteiger partial charge in [0.1, 0.15) is 28.6 Å². The average Bonchev–Trinajstić information content (AvgIpc) is 3.22. The third kappa shape index (κ3) is 8.04. The van der Waals surface area contributed by atoms with E-state index in [-0.39, 0.29) is 28.0 Å². The van der Waals surface area contributed by atoms with E-state index < -0.39 is 70.0 Å². The minimum Gasteiger partial charge on any atom is -0.457 e. The van der Waals surface area contributed by atoms with Crippen LogP contribution in [0.1, 0.15) is 48.5 Å². The predicted octanol–water partition coefficient (Wildman–Crippen LogP) is 14.1. The zero-order valence-corrected chi connectivity index (χ0v) is 31.0. The molecule has 1 aliphatic heterocycles. The standard InChI is InChI=1S/C47H26F9NO4/c48-45(49,50)30-11-6-10-29(24-30)36-26-32(60-40-15-5-4-14-37(40)46(51,52)53)20-23-39(36)61-41-22-19-31(25-38(41)47(54,55)56)57-43(58)34-13-7-12-33-28(17-16-27-8-2-1-3-9-27)18-21-35(42(33)34)44(57)59/h1-26H. The topological polar surface area (TPSA) is 55.8 Å². The average molecular weight is 840 g/mol. The van der Waals surface area contributed by atoms with Gasteiger partial charge in [-0.2, -0.15) is 39.5 Å². The van der Waals surface area contributed by atoms with Crippen LogP contribution in [-0.2, 0) is 18.5 Å². The highest BCUT2D eigenvalue weighted by Crippen LogP contribution is 2.46. The summed E-state index contributed by atoms with van der Waals surface area (Å²) >= 11 is 0. The van der Waals surface area contributed by atoms with Crippen LogP contribution in [0.25, 0.3) is 34.1 Å². The molecule has 5 nitrogen and oxygen atoms in total. The molecule has 0 N–H and O–H groups in total. The van der Waals surface area contributed by atoms with Crippen LogP contribution >= 0.6 is 0 Å². The first kappa shape index (κ1) is 40.4. The van der Waals surface area contributed by atoms with Crippen molar-refractivity contribution in [3.63, 3.8) is 0 Å². The van der Waals surface area contributed by atoms with E-state index in [0.717, 1.165) is 66.2 Å². The molecule has 0 atom stereocenters. The lowest BCUT2D eigenvalue weighted by molar-refractivity contribution is -0.139. The number of anilines is 1. The number of para-hydroxylation sites is 1. The minimum atomic E-state index is -5.17. The lowest BCUT2D eigenvalue weighted by atomic mass is 9.90. The predicted molar refractivity (Wildman–Crippen MR) is 210 cm³/mol. The third-order valence-electron chi connectivity index (χ3n) is 9.82. The van der Waals surface area contributed by atoms with Gasteiger partial charge in [-0.05, 0) is 94.9 Å². The van der Waals surface area contributed by atoms with Gasteiger partial charge in [-0.1, -0.05) is 84.9 Å². The molecular formula is C47H26F9NO4. The van der Waals surface area contributed by atoms with Crippen molar-refractivity contribution in [3.8, 4) is 34.1 Å². The number of hydrogen-bond acceptors (Lipinski definition) is 4. The van der Waals surface area contributed by atoms with Crippen LogP contribution in [0.4, 0.5) is 45.2 Å². The molecule has 0 saturated carbocycles. The van der Waals surface area contributed by atoms with Crippen molar-refractivity contribution >= 4 is 40.4 Å². The minimum absolute atomic E-state index is 0.0711. The quantitative estimate of drug-likeness (QED) is 0.0869. The molecule has 1 aliphatic rings. The maximum absolute atomic E-state index is 14.9. The van der Waals surface area contributed by atoms with Crippen molar-refractivity contribution in [1.29, 1.82) is 0 Å². The molecule has 8 rings (SSSR count). The Morgan fingerprint density at radius 1 is 0.475 bits per heavy atom. The molecule has 61 heavy (non-hydrogen) atoms. The summed E-state index contributed by atoms with van der Waals surface area (Å²) in [5.41, 5.74) is -2.94. The highest BCUT2D eigenvalue weighted by molar-refractivity contribution is 6.36. The van der Waals surface area contributed by atoms with Crippen molar-refractivity contribution in [2.45, 2.75) is 18.5 Å². The van der Waals surface area contributed by atoms with E-state index in [0.29, 0.717) is 33.4 Å². The number of nitrogens with zero attached hydrogens (tertiary/aromatic N) is 1. The Morgan fingerprint density at radius 2 is 1.13 bits per heavy atom. The maximum Gasteiger partial charge on any atom is 0.420 e. The summed E-state index contributed by atoms with van der Waals surface area (Å²) in [5, 5.41) is 0.900. The number of amides is 2. The summed E-state index contributed by atoms with van der Waals surface area (Å²) in [5.74, 6) is -4.02. The summed E-state index contributed by atoms with van der Waals surface area (Å²) in [4.78, 5) is 28.6. The van der Waals surface area contributed by atoms with Crippen LogP contribution in [0, 0.1) is 0 Å². The van der Waals surface area contributed by atoms with Crippen LogP contribution in [0.5, 0.6) is 23.0 Å². The molecule has 14 heteroatoms. The molecule has 0 bridgehead atoms. The largest absolute Gasteiger partial charge is 0.457 e. The van der Waals surface area contributed by atoms with Crippen LogP contribution < -0.4 is 14.4 Å². The zero-order valence-electron chi connectivity index (χ0n) is 31.0. The Morgan fingerprint density at radius 3 is 1.85 bits per heavy atom. The summed E-state index contributed by atoms with van der Waals surface area (Å²) in [7, 11) is 0. The van der Waals surface area contributed by atoms with Crippen LogP contribution in [0.15, 0.2) is 146 Å². The van der Waals surface area contributed by atoms with Gasteiger partial charge >= 0.3 is 18.5 Å². The van der Waals surface area contributed by atoms with E-state index in [2.05, 4.69) is 0 Å². The molecule has 0 aromatic heterocycles. The Hall–Kier alpha value is -7.35. The summed E-state index contributed by atoms with van der Waals surface area (Å²) in [6, 6.07) is 30.8. The van der Waals surface area contributed by atoms with Gasteiger partial charge in [0.05, 0.1) is 16.8 Å². The van der Waals surface area contributed by atoms with Crippen molar-refractivity contribution in [3.05, 3.63) is 185 Å². The molecule has 0 saturated heterocycles. The molecule has 0 unspecified atom stereocenters. The van der Waals surface area contributed by atoms with Crippen LogP contribution in [0.2, 0.25) is 0 Å². The van der Waals surface area contributed by atoms with Gasteiger partial charge in [0.25, 0.3) is 11.8 Å². The zero-order chi connectivity index (χ0) is 43.3. The second-order valence-corrected chi connectivity index (χ2v) is 13.7. The molecule has 7 aromatic rings. The number of carbonyl (C=O) groups is 2. The molecule has 0 radical (unpaired) electrons. The van der Waals surface area contributed by atoms with Gasteiger partial charge in [-0.3, -0.25) is 9.59 Å². The highest BCUT2D eigenvalue weighted by atomic mass is 19.4. The Kier molecular flexibility index (Phi) is 10.2. The van der Waals surface area contributed by atoms with E-state index in [1.165, 1.54) is 24.3 Å². The van der Waals surface area contributed by atoms with Crippen LogP contribution in [-0.4, -0.2) is 11.8 Å². The number of alkyl halides is 9. The van der Waals surface area contributed by atoms with E-state index in [4.69, 9.17) is 9.47 Å². The van der Waals surface area contributed by atoms with Crippen molar-refractivity contribution in [2.24, 2.45) is 0 Å². The number of benzene rings is 7. The number of ether oxygens (including phenoxy) is 2. The summed E-state index contributed by atoms with van der Waals surface area (Å²) in [6.07, 6.45) is -11.2. The van der Waals surface area contributed by atoms with Gasteiger partial charge < -0.3 is 9.47 Å². The first-order valence-electron chi connectivity index (χ1n) is 18.2. The van der Waals surface area contributed by atoms with Gasteiger partial charge in [0.15, 0.2) is 0 Å². The molecule has 0 aliphatic carbocycles. The van der Waals surface area contributed by atoms with Gasteiger partial charge in [0.2, 0.25) is 0 Å². The fourth-order valence-corrected chi connectivity index (χ4v) is 7.00. The summed E-state index contributed by atoms with van der Waals surface area (Å²) < 4.78 is 139. The van der Waals surface area contributed by atoms with E-state index >= 15 is 0 Å². The number of imide groups is 1. The molecule has 2 amide bonds. The van der Waals surface area contributed by atoms with Crippen molar-refractivity contribution < 1.29 is 58.6 Å². The van der Waals surface area contributed by atoms with Crippen molar-refractivity contribution in [1.82, 2.24) is 0 Å². The van der Waals surface area contributed by atoms with Gasteiger partial charge in [-0.25, -0.2) is 4.90 Å². The molecule has 0 spiro atoms. The van der Waals surface area contributed by atoms with E-state index in [9.17, 15) is 49.1 Å². The second kappa shape index (κ2) is 15.4. The Balaban J connectivity index is 1.18. The molecule has 7 aromatic carbocycles. The molecule has 1 heterocycles. The fourth-order valence-electron chi connectivity index (χ4n) is 7.00. The second-order valence-electron chi connectivity index (χ2n) is 13.7. The lowest BCUT2D eigenvalue weighted by Crippen LogP contribution is -2.40. The number of halogens is 9. The Bertz CT molecular complexity index is 2860. The number of hydrogen-bond donors (Lipinski definition) is 0. The fraction of sp³-hybridized carbons (Fsp3) is 0.0638. The summed E-state index contributed by atoms with van der Waals surface area (Å²) in [6.45, 7) is 0. The first-order valence-corrected chi connectivity index (χ1v) is 18.2. The van der Waals surface area contributed by atoms with Gasteiger partial charge in [-0.15, -0.1) is 0 Å². The normalized spacial score (nSPS) is 13.3. The van der Waals surface area contributed by atoms with E-state index in [1.807, 2.05) is 42.5 Å². The third-order valence-corrected chi connectivity index (χ3v) is 9.82. The first-order chi connectivity index (χ1) is 29.0. The lowest BCUT2D eigenvalue weighted by Gasteiger charge is -2.28.